The highest BCUT2D eigenvalue weighted by molar-refractivity contribution is 6.01. The summed E-state index contributed by atoms with van der Waals surface area (Å²) < 4.78 is 0. The third-order valence-electron chi connectivity index (χ3n) is 5.43. The number of hydrogen-bond acceptors (Lipinski definition) is 4. The van der Waals surface area contributed by atoms with E-state index in [0.29, 0.717) is 0 Å². The van der Waals surface area contributed by atoms with Gasteiger partial charge < -0.3 is 0 Å². The lowest BCUT2D eigenvalue weighted by Crippen LogP contribution is -2.60. The van der Waals surface area contributed by atoms with Gasteiger partial charge in [-0.1, -0.05) is 92.9 Å². The van der Waals surface area contributed by atoms with Gasteiger partial charge in [0.15, 0.2) is 5.84 Å². The zero-order chi connectivity index (χ0) is 20.6. The molecule has 0 aromatic heterocycles. The summed E-state index contributed by atoms with van der Waals surface area (Å²) >= 11 is 0. The predicted octanol–water partition coefficient (Wildman–Crippen LogP) is 6.18. The third kappa shape index (κ3) is 4.65. The van der Waals surface area contributed by atoms with Crippen LogP contribution in [0.25, 0.3) is 0 Å². The molecule has 1 aliphatic rings. The number of unbranched alkanes of at least 4 members (excludes halogenated alkanes) is 3. The van der Waals surface area contributed by atoms with Crippen LogP contribution in [0.4, 0.5) is 11.4 Å². The first-order chi connectivity index (χ1) is 14.9. The molecule has 0 saturated carbocycles. The van der Waals surface area contributed by atoms with Crippen molar-refractivity contribution < 1.29 is 0 Å². The number of hydrogen-bond donors (Lipinski definition) is 1. The molecule has 0 fully saturated rings. The first-order valence-electron chi connectivity index (χ1n) is 11.0. The van der Waals surface area contributed by atoms with Gasteiger partial charge in [0.1, 0.15) is 6.17 Å². The highest BCUT2D eigenvalue weighted by Crippen LogP contribution is 2.29. The summed E-state index contributed by atoms with van der Waals surface area (Å²) in [4.78, 5) is 0. The molecule has 4 heteroatoms. The first-order valence-corrected chi connectivity index (χ1v) is 11.0. The molecule has 3 aromatic carbocycles. The zero-order valence-electron chi connectivity index (χ0n) is 17.6. The Bertz CT molecular complexity index is 925. The van der Waals surface area contributed by atoms with E-state index in [9.17, 15) is 0 Å². The Morgan fingerprint density at radius 3 is 1.97 bits per heavy atom. The van der Waals surface area contributed by atoms with Crippen LogP contribution in [0.5, 0.6) is 0 Å². The molecule has 4 nitrogen and oxygen atoms in total. The number of rotatable bonds is 8. The molecule has 0 amide bonds. The van der Waals surface area contributed by atoms with Crippen LogP contribution < -0.4 is 15.4 Å². The van der Waals surface area contributed by atoms with Crippen LogP contribution in [-0.4, -0.2) is 12.0 Å². The molecule has 0 aliphatic carbocycles. The largest absolute Gasteiger partial charge is 0.278 e. The summed E-state index contributed by atoms with van der Waals surface area (Å²) in [5.41, 5.74) is 6.94. The lowest BCUT2D eigenvalue weighted by Gasteiger charge is -2.44. The van der Waals surface area contributed by atoms with Crippen molar-refractivity contribution in [2.24, 2.45) is 5.10 Å². The van der Waals surface area contributed by atoms with Crippen LogP contribution in [0.1, 0.15) is 44.6 Å². The molecule has 3 aromatic rings. The molecule has 1 heterocycles. The Kier molecular flexibility index (Phi) is 6.65. The van der Waals surface area contributed by atoms with Gasteiger partial charge in [-0.15, -0.1) is 0 Å². The van der Waals surface area contributed by atoms with Gasteiger partial charge in [-0.25, -0.2) is 5.01 Å². The Hall–Kier alpha value is -3.27. The van der Waals surface area contributed by atoms with E-state index < -0.39 is 0 Å². The van der Waals surface area contributed by atoms with Gasteiger partial charge in [-0.3, -0.25) is 10.4 Å². The van der Waals surface area contributed by atoms with Crippen molar-refractivity contribution in [2.75, 3.05) is 10.0 Å². The predicted molar refractivity (Wildman–Crippen MR) is 127 cm³/mol. The molecule has 154 valence electrons. The fraction of sp³-hybridized carbons (Fsp3) is 0.269. The molecule has 30 heavy (non-hydrogen) atoms. The van der Waals surface area contributed by atoms with Crippen LogP contribution in [0, 0.1) is 0 Å². The molecule has 1 unspecified atom stereocenters. The summed E-state index contributed by atoms with van der Waals surface area (Å²) in [5.74, 6) is 0.855. The lowest BCUT2D eigenvalue weighted by atomic mass is 10.1. The van der Waals surface area contributed by atoms with Crippen LogP contribution >= 0.6 is 0 Å². The summed E-state index contributed by atoms with van der Waals surface area (Å²) in [6.07, 6.45) is 6.05. The SMILES string of the molecule is CCCCCCC1N(c2ccccc2)N=C(c2ccccc2)NN1c1ccccc1. The lowest BCUT2D eigenvalue weighted by molar-refractivity contribution is 0.462. The topological polar surface area (TPSA) is 30.9 Å². The molecule has 0 bridgehead atoms. The molecule has 4 rings (SSSR count). The van der Waals surface area contributed by atoms with Gasteiger partial charge in [0, 0.05) is 5.56 Å². The minimum atomic E-state index is 0.0964. The minimum absolute atomic E-state index is 0.0964. The maximum Gasteiger partial charge on any atom is 0.172 e. The van der Waals surface area contributed by atoms with E-state index in [1.807, 2.05) is 6.07 Å². The highest BCUT2D eigenvalue weighted by atomic mass is 15.7. The minimum Gasteiger partial charge on any atom is -0.278 e. The van der Waals surface area contributed by atoms with Crippen LogP contribution in [0.15, 0.2) is 96.1 Å². The average molecular weight is 399 g/mol. The van der Waals surface area contributed by atoms with Gasteiger partial charge in [0.25, 0.3) is 0 Å². The van der Waals surface area contributed by atoms with Gasteiger partial charge >= 0.3 is 0 Å². The fourth-order valence-electron chi connectivity index (χ4n) is 3.85. The molecule has 1 N–H and O–H groups in total. The number of amidine groups is 1. The summed E-state index contributed by atoms with van der Waals surface area (Å²) in [6, 6.07) is 31.4. The quantitative estimate of drug-likeness (QED) is 0.460. The van der Waals surface area contributed by atoms with E-state index >= 15 is 0 Å². The van der Waals surface area contributed by atoms with Crippen molar-refractivity contribution in [1.82, 2.24) is 5.43 Å². The maximum absolute atomic E-state index is 5.08. The number of hydrazine groups is 1. The van der Waals surface area contributed by atoms with Gasteiger partial charge in [-0.2, -0.15) is 5.10 Å². The molecular formula is C26H30N4. The maximum atomic E-state index is 5.08. The summed E-state index contributed by atoms with van der Waals surface area (Å²) in [7, 11) is 0. The smallest absolute Gasteiger partial charge is 0.172 e. The number of benzene rings is 3. The molecule has 0 saturated heterocycles. The van der Waals surface area contributed by atoms with E-state index in [4.69, 9.17) is 5.10 Å². The molecule has 0 spiro atoms. The molecular weight excluding hydrogens is 368 g/mol. The van der Waals surface area contributed by atoms with Crippen molar-refractivity contribution in [1.29, 1.82) is 0 Å². The number of para-hydroxylation sites is 2. The first kappa shape index (κ1) is 20.0. The number of nitrogens with one attached hydrogen (secondary N) is 1. The third-order valence-corrected chi connectivity index (χ3v) is 5.43. The van der Waals surface area contributed by atoms with E-state index in [-0.39, 0.29) is 6.17 Å². The fourth-order valence-corrected chi connectivity index (χ4v) is 3.85. The van der Waals surface area contributed by atoms with Crippen molar-refractivity contribution >= 4 is 17.2 Å². The molecule has 1 aliphatic heterocycles. The van der Waals surface area contributed by atoms with Crippen LogP contribution in [-0.2, 0) is 0 Å². The normalized spacial score (nSPS) is 16.2. The second-order valence-corrected chi connectivity index (χ2v) is 7.64. The second kappa shape index (κ2) is 9.97. The van der Waals surface area contributed by atoms with E-state index in [1.54, 1.807) is 0 Å². The van der Waals surface area contributed by atoms with Crippen molar-refractivity contribution in [3.05, 3.63) is 96.6 Å². The van der Waals surface area contributed by atoms with Gasteiger partial charge in [0.2, 0.25) is 0 Å². The van der Waals surface area contributed by atoms with Gasteiger partial charge in [-0.05, 0) is 37.1 Å². The van der Waals surface area contributed by atoms with Crippen molar-refractivity contribution in [3.8, 4) is 0 Å². The zero-order valence-corrected chi connectivity index (χ0v) is 17.6. The number of hydrazone groups is 1. The number of nitrogens with zero attached hydrogens (tertiary/aromatic N) is 3. The number of anilines is 2. The average Bonchev–Trinajstić information content (AvgIpc) is 2.83. The molecule has 0 radical (unpaired) electrons. The highest BCUT2D eigenvalue weighted by Gasteiger charge is 2.31. The monoisotopic (exact) mass is 398 g/mol. The van der Waals surface area contributed by atoms with Crippen molar-refractivity contribution in [3.63, 3.8) is 0 Å². The Labute approximate surface area is 179 Å². The Balaban J connectivity index is 1.74. The van der Waals surface area contributed by atoms with E-state index in [1.165, 1.54) is 25.7 Å². The second-order valence-electron chi connectivity index (χ2n) is 7.64. The molecule has 1 atom stereocenters. The summed E-state index contributed by atoms with van der Waals surface area (Å²) in [6.45, 7) is 2.26. The van der Waals surface area contributed by atoms with E-state index in [0.717, 1.165) is 29.2 Å². The standard InChI is InChI=1S/C26H30N4/c1-2-3-4-14-21-25-29(23-17-10-6-11-18-23)27-26(22-15-8-5-9-16-22)28-30(25)24-19-12-7-13-20-24/h5-13,15-20,25H,2-4,14,21H2,1H3,(H,27,28). The Morgan fingerprint density at radius 1 is 0.733 bits per heavy atom. The van der Waals surface area contributed by atoms with E-state index in [2.05, 4.69) is 107 Å². The summed E-state index contributed by atoms with van der Waals surface area (Å²) in [5, 5.41) is 9.53. The van der Waals surface area contributed by atoms with Gasteiger partial charge in [0.05, 0.1) is 11.4 Å². The Morgan fingerprint density at radius 2 is 1.33 bits per heavy atom. The van der Waals surface area contributed by atoms with Crippen LogP contribution in [0.2, 0.25) is 0 Å². The van der Waals surface area contributed by atoms with Crippen LogP contribution in [0.3, 0.4) is 0 Å². The van der Waals surface area contributed by atoms with Crippen molar-refractivity contribution in [2.45, 2.75) is 45.2 Å².